The molecule has 5 heteroatoms. The first-order chi connectivity index (χ1) is 8.16. The van der Waals surface area contributed by atoms with Gasteiger partial charge >= 0.3 is 5.97 Å². The van der Waals surface area contributed by atoms with E-state index in [4.69, 9.17) is 0 Å². The van der Waals surface area contributed by atoms with Crippen LogP contribution in [-0.4, -0.2) is 16.1 Å². The minimum atomic E-state index is -0.844. The summed E-state index contributed by atoms with van der Waals surface area (Å²) in [6, 6.07) is 0. The lowest BCUT2D eigenvalue weighted by Crippen LogP contribution is -1.97. The Morgan fingerprint density at radius 2 is 2.24 bits per heavy atom. The van der Waals surface area contributed by atoms with Crippen LogP contribution in [0.25, 0.3) is 10.6 Å². The molecule has 3 rings (SSSR count). The monoisotopic (exact) mass is 265 g/mol. The van der Waals surface area contributed by atoms with E-state index in [1.807, 2.05) is 12.3 Å². The SMILES string of the molecule is Cc1cscc1-c1nc(C2CC2)c(C(=O)O)s1. The van der Waals surface area contributed by atoms with E-state index < -0.39 is 5.97 Å². The van der Waals surface area contributed by atoms with Crippen LogP contribution in [0, 0.1) is 6.92 Å². The number of hydrogen-bond donors (Lipinski definition) is 1. The van der Waals surface area contributed by atoms with Crippen LogP contribution in [-0.2, 0) is 0 Å². The summed E-state index contributed by atoms with van der Waals surface area (Å²) in [5.41, 5.74) is 3.04. The highest BCUT2D eigenvalue weighted by molar-refractivity contribution is 7.17. The van der Waals surface area contributed by atoms with Crippen molar-refractivity contribution in [3.8, 4) is 10.6 Å². The zero-order valence-corrected chi connectivity index (χ0v) is 10.9. The molecule has 2 heterocycles. The van der Waals surface area contributed by atoms with Crippen molar-refractivity contribution in [3.63, 3.8) is 0 Å². The lowest BCUT2D eigenvalue weighted by molar-refractivity contribution is 0.0700. The van der Waals surface area contributed by atoms with Crippen molar-refractivity contribution in [2.75, 3.05) is 0 Å². The van der Waals surface area contributed by atoms with Gasteiger partial charge in [-0.15, -0.1) is 11.3 Å². The van der Waals surface area contributed by atoms with E-state index in [-0.39, 0.29) is 0 Å². The molecule has 1 N–H and O–H groups in total. The van der Waals surface area contributed by atoms with Gasteiger partial charge in [0, 0.05) is 16.9 Å². The second-order valence-corrected chi connectivity index (χ2v) is 6.02. The molecule has 0 unspecified atom stereocenters. The maximum atomic E-state index is 11.2. The van der Waals surface area contributed by atoms with Crippen molar-refractivity contribution in [1.82, 2.24) is 4.98 Å². The summed E-state index contributed by atoms with van der Waals surface area (Å²) < 4.78 is 0. The molecule has 2 aromatic rings. The van der Waals surface area contributed by atoms with Gasteiger partial charge in [0.1, 0.15) is 9.88 Å². The smallest absolute Gasteiger partial charge is 0.347 e. The van der Waals surface area contributed by atoms with Gasteiger partial charge < -0.3 is 5.11 Å². The fourth-order valence-electron chi connectivity index (χ4n) is 1.81. The zero-order valence-electron chi connectivity index (χ0n) is 9.27. The standard InChI is InChI=1S/C12H11NO2S2/c1-6-4-16-5-8(6)11-13-9(7-2-3-7)10(17-11)12(14)15/h4-5,7H,2-3H2,1H3,(H,14,15). The van der Waals surface area contributed by atoms with Gasteiger partial charge in [0.2, 0.25) is 0 Å². The molecule has 0 saturated heterocycles. The lowest BCUT2D eigenvalue weighted by Gasteiger charge is -1.92. The summed E-state index contributed by atoms with van der Waals surface area (Å²) >= 11 is 2.93. The third-order valence-electron chi connectivity index (χ3n) is 2.90. The molecule has 0 amide bonds. The zero-order chi connectivity index (χ0) is 12.0. The van der Waals surface area contributed by atoms with Crippen molar-refractivity contribution in [3.05, 3.63) is 26.9 Å². The van der Waals surface area contributed by atoms with Crippen LogP contribution >= 0.6 is 22.7 Å². The van der Waals surface area contributed by atoms with E-state index in [2.05, 4.69) is 10.4 Å². The highest BCUT2D eigenvalue weighted by Crippen LogP contribution is 2.44. The van der Waals surface area contributed by atoms with Gasteiger partial charge in [0.25, 0.3) is 0 Å². The van der Waals surface area contributed by atoms with E-state index in [0.717, 1.165) is 29.1 Å². The molecular formula is C12H11NO2S2. The molecule has 2 aromatic heterocycles. The van der Waals surface area contributed by atoms with Gasteiger partial charge in [-0.3, -0.25) is 0 Å². The fourth-order valence-corrected chi connectivity index (χ4v) is 3.79. The van der Waals surface area contributed by atoms with Crippen molar-refractivity contribution in [1.29, 1.82) is 0 Å². The third-order valence-corrected chi connectivity index (χ3v) is 4.85. The molecule has 0 aliphatic heterocycles. The number of aryl methyl sites for hydroxylation is 1. The number of carboxylic acids is 1. The quantitative estimate of drug-likeness (QED) is 0.919. The number of hydrogen-bond acceptors (Lipinski definition) is 4. The molecule has 3 nitrogen and oxygen atoms in total. The summed E-state index contributed by atoms with van der Waals surface area (Å²) in [5, 5.41) is 14.1. The number of aromatic carboxylic acids is 1. The van der Waals surface area contributed by atoms with E-state index in [1.165, 1.54) is 16.9 Å². The second kappa shape index (κ2) is 3.92. The average molecular weight is 265 g/mol. The van der Waals surface area contributed by atoms with E-state index >= 15 is 0 Å². The Labute approximate surface area is 107 Å². The Kier molecular flexibility index (Phi) is 2.52. The number of thiophene rings is 1. The van der Waals surface area contributed by atoms with Crippen molar-refractivity contribution in [2.45, 2.75) is 25.7 Å². The minimum Gasteiger partial charge on any atom is -0.477 e. The first-order valence-corrected chi connectivity index (χ1v) is 7.20. The molecule has 0 radical (unpaired) electrons. The number of carboxylic acid groups (broad SMARTS) is 1. The van der Waals surface area contributed by atoms with Crippen LogP contribution in [0.3, 0.4) is 0 Å². The number of rotatable bonds is 3. The molecule has 0 aromatic carbocycles. The van der Waals surface area contributed by atoms with Crippen LogP contribution in [0.2, 0.25) is 0 Å². The molecule has 1 aliphatic rings. The van der Waals surface area contributed by atoms with Crippen LogP contribution in [0.4, 0.5) is 0 Å². The van der Waals surface area contributed by atoms with Crippen molar-refractivity contribution in [2.24, 2.45) is 0 Å². The summed E-state index contributed by atoms with van der Waals surface area (Å²) in [5.74, 6) is -0.464. The van der Waals surface area contributed by atoms with Gasteiger partial charge in [-0.1, -0.05) is 0 Å². The predicted octanol–water partition coefficient (Wildman–Crippen LogP) is 3.76. The Bertz CT molecular complexity index is 581. The maximum absolute atomic E-state index is 11.2. The molecule has 1 fully saturated rings. The normalized spacial score (nSPS) is 15.1. The molecule has 0 spiro atoms. The highest BCUT2D eigenvalue weighted by atomic mass is 32.1. The van der Waals surface area contributed by atoms with Crippen LogP contribution in [0.15, 0.2) is 10.8 Å². The number of thiazole rings is 1. The van der Waals surface area contributed by atoms with E-state index in [0.29, 0.717) is 10.8 Å². The number of aromatic nitrogens is 1. The number of nitrogens with zero attached hydrogens (tertiary/aromatic N) is 1. The predicted molar refractivity (Wildman–Crippen MR) is 69.1 cm³/mol. The molecule has 1 saturated carbocycles. The summed E-state index contributed by atoms with van der Waals surface area (Å²) in [6.45, 7) is 2.03. The largest absolute Gasteiger partial charge is 0.477 e. The molecular weight excluding hydrogens is 254 g/mol. The first kappa shape index (κ1) is 10.9. The van der Waals surface area contributed by atoms with Crippen LogP contribution in [0.1, 0.15) is 39.7 Å². The fraction of sp³-hybridized carbons (Fsp3) is 0.333. The molecule has 17 heavy (non-hydrogen) atoms. The van der Waals surface area contributed by atoms with E-state index in [9.17, 15) is 9.90 Å². The van der Waals surface area contributed by atoms with Crippen LogP contribution in [0.5, 0.6) is 0 Å². The van der Waals surface area contributed by atoms with Gasteiger partial charge in [-0.05, 0) is 30.7 Å². The Balaban J connectivity index is 2.10. The van der Waals surface area contributed by atoms with Gasteiger partial charge in [-0.2, -0.15) is 11.3 Å². The Morgan fingerprint density at radius 3 is 2.76 bits per heavy atom. The summed E-state index contributed by atoms with van der Waals surface area (Å²) in [4.78, 5) is 16.2. The topological polar surface area (TPSA) is 50.2 Å². The minimum absolute atomic E-state index is 0.380. The lowest BCUT2D eigenvalue weighted by atomic mass is 10.2. The Morgan fingerprint density at radius 1 is 1.47 bits per heavy atom. The number of carbonyl (C=O) groups is 1. The highest BCUT2D eigenvalue weighted by Gasteiger charge is 2.32. The maximum Gasteiger partial charge on any atom is 0.347 e. The Hall–Kier alpha value is -1.20. The molecule has 0 atom stereocenters. The summed E-state index contributed by atoms with van der Waals surface area (Å²) in [6.07, 6.45) is 2.15. The summed E-state index contributed by atoms with van der Waals surface area (Å²) in [7, 11) is 0. The molecule has 1 aliphatic carbocycles. The third kappa shape index (κ3) is 1.89. The first-order valence-electron chi connectivity index (χ1n) is 5.44. The van der Waals surface area contributed by atoms with Gasteiger partial charge in [0.05, 0.1) is 5.69 Å². The molecule has 88 valence electrons. The van der Waals surface area contributed by atoms with Crippen molar-refractivity contribution < 1.29 is 9.90 Å². The van der Waals surface area contributed by atoms with Gasteiger partial charge in [-0.25, -0.2) is 9.78 Å². The van der Waals surface area contributed by atoms with Crippen LogP contribution < -0.4 is 0 Å². The average Bonchev–Trinajstić information content (AvgIpc) is 2.88. The van der Waals surface area contributed by atoms with Gasteiger partial charge in [0.15, 0.2) is 0 Å². The second-order valence-electron chi connectivity index (χ2n) is 4.28. The molecule has 0 bridgehead atoms. The van der Waals surface area contributed by atoms with Crippen molar-refractivity contribution >= 4 is 28.6 Å². The van der Waals surface area contributed by atoms with E-state index in [1.54, 1.807) is 11.3 Å².